The number of carbonyl (C=O) groups excluding carboxylic acids is 1. The van der Waals surface area contributed by atoms with Crippen LogP contribution in [0.3, 0.4) is 0 Å². The van der Waals surface area contributed by atoms with Crippen molar-refractivity contribution in [3.05, 3.63) is 29.8 Å². The van der Waals surface area contributed by atoms with E-state index in [1.807, 2.05) is 12.1 Å². The van der Waals surface area contributed by atoms with Crippen molar-refractivity contribution in [3.63, 3.8) is 0 Å². The topological polar surface area (TPSA) is 75.3 Å². The zero-order valence-corrected chi connectivity index (χ0v) is 10.1. The van der Waals surface area contributed by atoms with E-state index >= 15 is 0 Å². The van der Waals surface area contributed by atoms with Gasteiger partial charge in [0.1, 0.15) is 5.75 Å². The van der Waals surface area contributed by atoms with Crippen LogP contribution in [0.15, 0.2) is 24.3 Å². The molecule has 0 heterocycles. The molecule has 0 radical (unpaired) electrons. The largest absolute Gasteiger partial charge is 0.508 e. The zero-order chi connectivity index (χ0) is 12.7. The number of nitrogens with two attached hydrogens (primary N) is 1. The van der Waals surface area contributed by atoms with Gasteiger partial charge in [-0.2, -0.15) is 0 Å². The molecule has 94 valence electrons. The second-order valence-corrected chi connectivity index (χ2v) is 4.14. The Kier molecular flexibility index (Phi) is 5.49. The van der Waals surface area contributed by atoms with Gasteiger partial charge in [-0.15, -0.1) is 0 Å². The van der Waals surface area contributed by atoms with Crippen LogP contribution in [0.1, 0.15) is 31.7 Å². The minimum Gasteiger partial charge on any atom is -0.508 e. The maximum atomic E-state index is 11.2. The van der Waals surface area contributed by atoms with Crippen molar-refractivity contribution < 1.29 is 9.90 Å². The van der Waals surface area contributed by atoms with Crippen LogP contribution < -0.4 is 11.1 Å². The van der Waals surface area contributed by atoms with E-state index in [-0.39, 0.29) is 17.7 Å². The average Bonchev–Trinajstić information content (AvgIpc) is 2.31. The molecule has 0 saturated heterocycles. The highest BCUT2D eigenvalue weighted by Gasteiger charge is 2.13. The van der Waals surface area contributed by atoms with Crippen molar-refractivity contribution in [2.75, 3.05) is 0 Å². The third-order valence-corrected chi connectivity index (χ3v) is 2.68. The lowest BCUT2D eigenvalue weighted by atomic mass is 10.1. The molecular weight excluding hydrogens is 216 g/mol. The highest BCUT2D eigenvalue weighted by Crippen LogP contribution is 2.10. The number of carbonyl (C=O) groups is 1. The standard InChI is InChI=1S/C13H20N2O2/c1-2-3-4-12(13(14)17)15-9-10-5-7-11(16)8-6-10/h5-8,12,15-16H,2-4,9H2,1H3,(H2,14,17)/t12-/m0/s1. The second-order valence-electron chi connectivity index (χ2n) is 4.14. The first-order valence-corrected chi connectivity index (χ1v) is 5.94. The first-order valence-electron chi connectivity index (χ1n) is 5.94. The molecule has 0 aliphatic heterocycles. The van der Waals surface area contributed by atoms with E-state index in [0.29, 0.717) is 6.54 Å². The van der Waals surface area contributed by atoms with Crippen LogP contribution in [-0.4, -0.2) is 17.1 Å². The predicted molar refractivity (Wildman–Crippen MR) is 67.5 cm³/mol. The summed E-state index contributed by atoms with van der Waals surface area (Å²) in [7, 11) is 0. The van der Waals surface area contributed by atoms with Crippen molar-refractivity contribution in [2.45, 2.75) is 38.8 Å². The van der Waals surface area contributed by atoms with Crippen LogP contribution in [0, 0.1) is 0 Å². The van der Waals surface area contributed by atoms with Crippen molar-refractivity contribution in [1.29, 1.82) is 0 Å². The maximum absolute atomic E-state index is 11.2. The zero-order valence-electron chi connectivity index (χ0n) is 10.1. The third-order valence-electron chi connectivity index (χ3n) is 2.68. The number of hydrogen-bond acceptors (Lipinski definition) is 3. The van der Waals surface area contributed by atoms with E-state index < -0.39 is 0 Å². The lowest BCUT2D eigenvalue weighted by Gasteiger charge is -2.14. The summed E-state index contributed by atoms with van der Waals surface area (Å²) >= 11 is 0. The van der Waals surface area contributed by atoms with Gasteiger partial charge >= 0.3 is 0 Å². The summed E-state index contributed by atoms with van der Waals surface area (Å²) in [5.41, 5.74) is 6.34. The van der Waals surface area contributed by atoms with Gasteiger partial charge in [-0.25, -0.2) is 0 Å². The molecule has 0 saturated carbocycles. The molecule has 1 amide bonds. The quantitative estimate of drug-likeness (QED) is 0.672. The average molecular weight is 236 g/mol. The van der Waals surface area contributed by atoms with Gasteiger partial charge in [0.05, 0.1) is 6.04 Å². The summed E-state index contributed by atoms with van der Waals surface area (Å²) in [5, 5.41) is 12.3. The number of benzene rings is 1. The molecule has 0 bridgehead atoms. The number of nitrogens with one attached hydrogen (secondary N) is 1. The molecule has 4 nitrogen and oxygen atoms in total. The normalized spacial score (nSPS) is 12.3. The van der Waals surface area contributed by atoms with Crippen molar-refractivity contribution in [3.8, 4) is 5.75 Å². The SMILES string of the molecule is CCCC[C@H](NCc1ccc(O)cc1)C(N)=O. The number of phenolic OH excluding ortho intramolecular Hbond substituents is 1. The number of phenols is 1. The smallest absolute Gasteiger partial charge is 0.234 e. The van der Waals surface area contributed by atoms with Crippen molar-refractivity contribution in [1.82, 2.24) is 5.32 Å². The molecule has 0 aliphatic rings. The molecule has 1 aromatic rings. The van der Waals surface area contributed by atoms with Crippen molar-refractivity contribution >= 4 is 5.91 Å². The number of unbranched alkanes of at least 4 members (excludes halogenated alkanes) is 1. The number of amides is 1. The summed E-state index contributed by atoms with van der Waals surface area (Å²) in [4.78, 5) is 11.2. The molecule has 1 aromatic carbocycles. The monoisotopic (exact) mass is 236 g/mol. The van der Waals surface area contributed by atoms with Gasteiger partial charge in [-0.05, 0) is 24.1 Å². The lowest BCUT2D eigenvalue weighted by Crippen LogP contribution is -2.40. The Morgan fingerprint density at radius 2 is 2.06 bits per heavy atom. The minimum absolute atomic E-state index is 0.242. The molecule has 0 aromatic heterocycles. The third kappa shape index (κ3) is 4.87. The highest BCUT2D eigenvalue weighted by atomic mass is 16.3. The molecule has 1 atom stereocenters. The summed E-state index contributed by atoms with van der Waals surface area (Å²) in [6.45, 7) is 2.66. The van der Waals surface area contributed by atoms with E-state index in [2.05, 4.69) is 12.2 Å². The summed E-state index contributed by atoms with van der Waals surface area (Å²) < 4.78 is 0. The van der Waals surface area contributed by atoms with Crippen LogP contribution in [-0.2, 0) is 11.3 Å². The Bertz CT molecular complexity index is 349. The fourth-order valence-corrected chi connectivity index (χ4v) is 1.61. The molecule has 17 heavy (non-hydrogen) atoms. The Morgan fingerprint density at radius 3 is 2.59 bits per heavy atom. The van der Waals surface area contributed by atoms with Crippen LogP contribution in [0.2, 0.25) is 0 Å². The highest BCUT2D eigenvalue weighted by molar-refractivity contribution is 5.79. The van der Waals surface area contributed by atoms with E-state index in [9.17, 15) is 4.79 Å². The fraction of sp³-hybridized carbons (Fsp3) is 0.462. The Balaban J connectivity index is 2.45. The van der Waals surface area contributed by atoms with Crippen LogP contribution in [0.25, 0.3) is 0 Å². The fourth-order valence-electron chi connectivity index (χ4n) is 1.61. The molecule has 0 spiro atoms. The molecule has 0 aliphatic carbocycles. The van der Waals surface area contributed by atoms with E-state index in [0.717, 1.165) is 24.8 Å². The van der Waals surface area contributed by atoms with Gasteiger partial charge < -0.3 is 16.2 Å². The van der Waals surface area contributed by atoms with Crippen molar-refractivity contribution in [2.24, 2.45) is 5.73 Å². The van der Waals surface area contributed by atoms with Gasteiger partial charge in [0.2, 0.25) is 5.91 Å². The second kappa shape index (κ2) is 6.91. The van der Waals surface area contributed by atoms with E-state index in [1.54, 1.807) is 12.1 Å². The number of hydrogen-bond donors (Lipinski definition) is 3. The molecule has 4 N–H and O–H groups in total. The van der Waals surface area contributed by atoms with E-state index in [4.69, 9.17) is 10.8 Å². The Morgan fingerprint density at radius 1 is 1.41 bits per heavy atom. The van der Waals surface area contributed by atoms with Gasteiger partial charge in [0.15, 0.2) is 0 Å². The lowest BCUT2D eigenvalue weighted by molar-refractivity contribution is -0.120. The summed E-state index contributed by atoms with van der Waals surface area (Å²) in [6, 6.07) is 6.62. The Labute approximate surface area is 102 Å². The summed E-state index contributed by atoms with van der Waals surface area (Å²) in [6.07, 6.45) is 2.80. The van der Waals surface area contributed by atoms with Gasteiger partial charge in [-0.1, -0.05) is 31.9 Å². The van der Waals surface area contributed by atoms with Gasteiger partial charge in [0, 0.05) is 6.54 Å². The summed E-state index contributed by atoms with van der Waals surface area (Å²) in [5.74, 6) is -0.0663. The molecule has 0 unspecified atom stereocenters. The van der Waals surface area contributed by atoms with Gasteiger partial charge in [0.25, 0.3) is 0 Å². The van der Waals surface area contributed by atoms with Crippen LogP contribution in [0.4, 0.5) is 0 Å². The molecule has 1 rings (SSSR count). The minimum atomic E-state index is -0.308. The molecular formula is C13H20N2O2. The number of primary amides is 1. The first kappa shape index (κ1) is 13.5. The molecule has 4 heteroatoms. The van der Waals surface area contributed by atoms with Crippen LogP contribution in [0.5, 0.6) is 5.75 Å². The maximum Gasteiger partial charge on any atom is 0.234 e. The number of rotatable bonds is 7. The predicted octanol–water partition coefficient (Wildman–Crippen LogP) is 1.53. The Hall–Kier alpha value is -1.55. The number of aromatic hydroxyl groups is 1. The van der Waals surface area contributed by atoms with Crippen LogP contribution >= 0.6 is 0 Å². The first-order chi connectivity index (χ1) is 8.13. The molecule has 0 fully saturated rings. The van der Waals surface area contributed by atoms with Gasteiger partial charge in [-0.3, -0.25) is 4.79 Å². The van der Waals surface area contributed by atoms with E-state index in [1.165, 1.54) is 0 Å².